The fourth-order valence-corrected chi connectivity index (χ4v) is 2.81. The molecular formula is C16H13Cl2N5O6. The number of H-pyrrole nitrogens is 2. The lowest BCUT2D eigenvalue weighted by molar-refractivity contribution is 0.0765. The molecule has 1 aromatic carbocycles. The lowest BCUT2D eigenvalue weighted by Crippen LogP contribution is -2.27. The Morgan fingerprint density at radius 1 is 1.24 bits per heavy atom. The van der Waals surface area contributed by atoms with E-state index in [0.717, 1.165) is 0 Å². The van der Waals surface area contributed by atoms with Gasteiger partial charge in [-0.15, -0.1) is 5.10 Å². The van der Waals surface area contributed by atoms with Gasteiger partial charge in [-0.25, -0.2) is 9.89 Å². The number of halogens is 2. The molecule has 0 aliphatic carbocycles. The van der Waals surface area contributed by atoms with Crippen molar-refractivity contribution in [2.24, 2.45) is 0 Å². The molecule has 0 bridgehead atoms. The maximum atomic E-state index is 12.0. The summed E-state index contributed by atoms with van der Waals surface area (Å²) in [4.78, 5) is 36.8. The second-order valence-corrected chi connectivity index (χ2v) is 7.09. The predicted molar refractivity (Wildman–Crippen MR) is 102 cm³/mol. The van der Waals surface area contributed by atoms with Gasteiger partial charge in [0, 0.05) is 11.8 Å². The third kappa shape index (κ3) is 4.65. The summed E-state index contributed by atoms with van der Waals surface area (Å²) in [5.74, 6) is -2.04. The highest BCUT2D eigenvalue weighted by Crippen LogP contribution is 2.38. The largest absolute Gasteiger partial charge is 0.439 e. The van der Waals surface area contributed by atoms with Crippen LogP contribution in [0.25, 0.3) is 0 Å². The second-order valence-electron chi connectivity index (χ2n) is 6.28. The van der Waals surface area contributed by atoms with Gasteiger partial charge in [0.2, 0.25) is 11.7 Å². The Hall–Kier alpha value is -3.15. The zero-order valence-corrected chi connectivity index (χ0v) is 16.4. The molecule has 3 aromatic rings. The van der Waals surface area contributed by atoms with Crippen molar-refractivity contribution >= 4 is 34.8 Å². The minimum atomic E-state index is -1.43. The molecule has 3 rings (SSSR count). The van der Waals surface area contributed by atoms with Crippen molar-refractivity contribution in [3.63, 3.8) is 0 Å². The van der Waals surface area contributed by atoms with Crippen molar-refractivity contribution < 1.29 is 19.2 Å². The second kappa shape index (κ2) is 7.70. The molecule has 0 aliphatic rings. The van der Waals surface area contributed by atoms with E-state index in [9.17, 15) is 19.5 Å². The van der Waals surface area contributed by atoms with Crippen molar-refractivity contribution in [2.45, 2.75) is 19.4 Å². The van der Waals surface area contributed by atoms with Gasteiger partial charge in [0.05, 0.1) is 21.2 Å². The smallest absolute Gasteiger partial charge is 0.434 e. The van der Waals surface area contributed by atoms with E-state index >= 15 is 0 Å². The van der Waals surface area contributed by atoms with Gasteiger partial charge in [-0.05, 0) is 31.1 Å². The van der Waals surface area contributed by atoms with E-state index in [-0.39, 0.29) is 38.8 Å². The monoisotopic (exact) mass is 441 g/mol. The van der Waals surface area contributed by atoms with Crippen LogP contribution in [0.4, 0.5) is 5.69 Å². The summed E-state index contributed by atoms with van der Waals surface area (Å²) < 4.78 is 9.79. The number of aromatic amines is 2. The summed E-state index contributed by atoms with van der Waals surface area (Å²) in [5, 5.41) is 21.7. The van der Waals surface area contributed by atoms with Gasteiger partial charge in [-0.3, -0.25) is 19.1 Å². The summed E-state index contributed by atoms with van der Waals surface area (Å²) in [6, 6.07) is 3.92. The molecule has 1 amide bonds. The van der Waals surface area contributed by atoms with Gasteiger partial charge < -0.3 is 15.2 Å². The molecule has 0 unspecified atom stereocenters. The Kier molecular flexibility index (Phi) is 5.46. The lowest BCUT2D eigenvalue weighted by atomic mass is 10.0. The topological polar surface area (TPSA) is 163 Å². The summed E-state index contributed by atoms with van der Waals surface area (Å²) in [7, 11) is 0. The Balaban J connectivity index is 1.86. The van der Waals surface area contributed by atoms with Crippen LogP contribution in [0.3, 0.4) is 0 Å². The molecule has 13 heteroatoms. The SMILES string of the molecule is CC(C)(O)c1cc(Oc2c(Cl)cc(NC(=O)c3noc(=O)[nH]3)cc2Cl)n[nH]c1=O. The first-order valence-corrected chi connectivity index (χ1v) is 8.67. The summed E-state index contributed by atoms with van der Waals surface area (Å²) in [6.45, 7) is 2.86. The fourth-order valence-electron chi connectivity index (χ4n) is 2.25. The minimum absolute atomic E-state index is 0.00224. The summed E-state index contributed by atoms with van der Waals surface area (Å²) in [5.41, 5.74) is -1.79. The molecule has 2 aromatic heterocycles. The molecule has 152 valence electrons. The quantitative estimate of drug-likeness (QED) is 0.466. The van der Waals surface area contributed by atoms with Crippen LogP contribution in [0, 0.1) is 0 Å². The highest BCUT2D eigenvalue weighted by molar-refractivity contribution is 6.37. The average molecular weight is 442 g/mol. The first-order chi connectivity index (χ1) is 13.5. The standard InChI is InChI=1S/C16H13Cl2N5O6/c1-16(2,27)7-5-10(21-22-13(7)24)28-11-8(17)3-6(4-9(11)18)19-14(25)12-20-15(26)29-23-12/h3-5,27H,1-2H3,(H,19,25)(H,22,24)(H,20,23,26). The average Bonchev–Trinajstić information content (AvgIpc) is 3.05. The number of ether oxygens (including phenoxy) is 1. The number of hydrogen-bond donors (Lipinski definition) is 4. The van der Waals surface area contributed by atoms with Crippen LogP contribution >= 0.6 is 23.2 Å². The van der Waals surface area contributed by atoms with Crippen LogP contribution < -0.4 is 21.4 Å². The predicted octanol–water partition coefficient (Wildman–Crippen LogP) is 2.02. The maximum absolute atomic E-state index is 12.0. The lowest BCUT2D eigenvalue weighted by Gasteiger charge is -2.17. The van der Waals surface area contributed by atoms with Crippen molar-refractivity contribution in [2.75, 3.05) is 5.32 Å². The Morgan fingerprint density at radius 2 is 1.90 bits per heavy atom. The molecule has 0 radical (unpaired) electrons. The number of benzene rings is 1. The number of hydrogen-bond acceptors (Lipinski definition) is 8. The number of aliphatic hydroxyl groups is 1. The van der Waals surface area contributed by atoms with Crippen molar-refractivity contribution in [1.82, 2.24) is 20.3 Å². The van der Waals surface area contributed by atoms with Gasteiger partial charge in [-0.2, -0.15) is 0 Å². The number of carbonyl (C=O) groups excluding carboxylic acids is 1. The van der Waals surface area contributed by atoms with Crippen molar-refractivity contribution in [3.05, 3.63) is 60.5 Å². The number of carbonyl (C=O) groups is 1. The molecule has 29 heavy (non-hydrogen) atoms. The number of nitrogens with one attached hydrogen (secondary N) is 3. The van der Waals surface area contributed by atoms with Crippen molar-refractivity contribution in [1.29, 1.82) is 0 Å². The van der Waals surface area contributed by atoms with Crippen molar-refractivity contribution in [3.8, 4) is 11.6 Å². The Labute approximate surface area is 171 Å². The maximum Gasteiger partial charge on any atom is 0.439 e. The van der Waals surface area contributed by atoms with E-state index < -0.39 is 22.8 Å². The van der Waals surface area contributed by atoms with Crippen LogP contribution in [-0.4, -0.2) is 31.4 Å². The molecule has 0 fully saturated rings. The minimum Gasteiger partial charge on any atom is -0.434 e. The number of nitrogens with zero attached hydrogens (tertiary/aromatic N) is 2. The number of anilines is 1. The summed E-state index contributed by atoms with van der Waals surface area (Å²) >= 11 is 12.4. The van der Waals surface area contributed by atoms with Crippen LogP contribution in [-0.2, 0) is 5.60 Å². The van der Waals surface area contributed by atoms with Gasteiger partial charge in [0.25, 0.3) is 11.5 Å². The van der Waals surface area contributed by atoms with Gasteiger partial charge in [0.15, 0.2) is 5.75 Å². The van der Waals surface area contributed by atoms with Gasteiger partial charge >= 0.3 is 5.76 Å². The zero-order chi connectivity index (χ0) is 21.3. The third-order valence-electron chi connectivity index (χ3n) is 3.56. The Morgan fingerprint density at radius 3 is 2.45 bits per heavy atom. The number of amides is 1. The van der Waals surface area contributed by atoms with E-state index in [4.69, 9.17) is 27.9 Å². The molecule has 0 saturated heterocycles. The van der Waals surface area contributed by atoms with Crippen LogP contribution in [0.2, 0.25) is 10.0 Å². The molecule has 0 atom stereocenters. The zero-order valence-electron chi connectivity index (χ0n) is 14.9. The third-order valence-corrected chi connectivity index (χ3v) is 4.12. The van der Waals surface area contributed by atoms with E-state index in [1.807, 2.05) is 0 Å². The molecule has 0 saturated carbocycles. The highest BCUT2D eigenvalue weighted by atomic mass is 35.5. The molecule has 0 spiro atoms. The van der Waals surface area contributed by atoms with Crippen LogP contribution in [0.5, 0.6) is 11.6 Å². The van der Waals surface area contributed by atoms with Crippen LogP contribution in [0.15, 0.2) is 32.3 Å². The number of aromatic nitrogens is 4. The van der Waals surface area contributed by atoms with Gasteiger partial charge in [-0.1, -0.05) is 23.2 Å². The van der Waals surface area contributed by atoms with E-state index in [1.54, 1.807) is 0 Å². The van der Waals surface area contributed by atoms with Gasteiger partial charge in [0.1, 0.15) is 0 Å². The molecule has 4 N–H and O–H groups in total. The highest BCUT2D eigenvalue weighted by Gasteiger charge is 2.22. The van der Waals surface area contributed by atoms with E-state index in [0.29, 0.717) is 0 Å². The molecule has 11 nitrogen and oxygen atoms in total. The fraction of sp³-hybridized carbons (Fsp3) is 0.188. The Bertz CT molecular complexity index is 1170. The molecule has 0 aliphatic heterocycles. The number of rotatable bonds is 5. The van der Waals surface area contributed by atoms with E-state index in [1.165, 1.54) is 32.0 Å². The first kappa shape index (κ1) is 20.6. The normalized spacial score (nSPS) is 11.3. The van der Waals surface area contributed by atoms with Crippen LogP contribution in [0.1, 0.15) is 30.0 Å². The summed E-state index contributed by atoms with van der Waals surface area (Å²) in [6.07, 6.45) is 0. The first-order valence-electron chi connectivity index (χ1n) is 7.91. The van der Waals surface area contributed by atoms with E-state index in [2.05, 4.69) is 30.2 Å². The molecular weight excluding hydrogens is 429 g/mol. The molecule has 2 heterocycles.